The second-order valence-electron chi connectivity index (χ2n) is 9.09. The van der Waals surface area contributed by atoms with Crippen LogP contribution < -0.4 is 15.4 Å². The molecule has 152 valence electrons. The SMILES string of the molecule is CN=C(NCc1ccccc1OCC1CC1)NC1C2CCOC2C12CCCC2. The first-order valence-corrected chi connectivity index (χ1v) is 11.1. The van der Waals surface area contributed by atoms with Crippen molar-refractivity contribution in [3.05, 3.63) is 29.8 Å². The van der Waals surface area contributed by atoms with Gasteiger partial charge in [-0.25, -0.2) is 0 Å². The smallest absolute Gasteiger partial charge is 0.191 e. The summed E-state index contributed by atoms with van der Waals surface area (Å²) in [7, 11) is 1.87. The molecule has 1 aromatic carbocycles. The Morgan fingerprint density at radius 2 is 2.04 bits per heavy atom. The van der Waals surface area contributed by atoms with Gasteiger partial charge in [0.2, 0.25) is 0 Å². The van der Waals surface area contributed by atoms with Crippen LogP contribution in [0.15, 0.2) is 29.3 Å². The van der Waals surface area contributed by atoms with E-state index in [1.165, 1.54) is 50.5 Å². The predicted molar refractivity (Wildman–Crippen MR) is 111 cm³/mol. The van der Waals surface area contributed by atoms with Crippen LogP contribution in [0.5, 0.6) is 5.75 Å². The second kappa shape index (κ2) is 7.58. The minimum Gasteiger partial charge on any atom is -0.493 e. The van der Waals surface area contributed by atoms with E-state index in [0.29, 0.717) is 23.5 Å². The fourth-order valence-corrected chi connectivity index (χ4v) is 5.71. The maximum absolute atomic E-state index is 6.11. The van der Waals surface area contributed by atoms with Crippen LogP contribution in [-0.4, -0.2) is 38.4 Å². The Labute approximate surface area is 168 Å². The van der Waals surface area contributed by atoms with Crippen molar-refractivity contribution in [2.45, 2.75) is 63.6 Å². The summed E-state index contributed by atoms with van der Waals surface area (Å²) in [6.07, 6.45) is 9.53. The summed E-state index contributed by atoms with van der Waals surface area (Å²) in [5.74, 6) is 3.31. The third-order valence-corrected chi connectivity index (χ3v) is 7.39. The Kier molecular flexibility index (Phi) is 4.95. The van der Waals surface area contributed by atoms with Crippen LogP contribution in [0.1, 0.15) is 50.5 Å². The first kappa shape index (κ1) is 18.3. The molecule has 2 N–H and O–H groups in total. The van der Waals surface area contributed by atoms with Gasteiger partial charge in [-0.15, -0.1) is 0 Å². The van der Waals surface area contributed by atoms with Gasteiger partial charge in [-0.05, 0) is 44.1 Å². The molecule has 5 nitrogen and oxygen atoms in total. The zero-order valence-corrected chi connectivity index (χ0v) is 17.0. The summed E-state index contributed by atoms with van der Waals surface area (Å²) in [6, 6.07) is 8.85. The number of hydrogen-bond donors (Lipinski definition) is 2. The Morgan fingerprint density at radius 3 is 2.82 bits per heavy atom. The molecule has 3 saturated carbocycles. The van der Waals surface area contributed by atoms with Gasteiger partial charge in [-0.1, -0.05) is 31.0 Å². The minimum absolute atomic E-state index is 0.337. The van der Waals surface area contributed by atoms with E-state index >= 15 is 0 Å². The van der Waals surface area contributed by atoms with Crippen LogP contribution in [0.4, 0.5) is 0 Å². The molecule has 5 heteroatoms. The van der Waals surface area contributed by atoms with E-state index < -0.39 is 0 Å². The van der Waals surface area contributed by atoms with Gasteiger partial charge in [0.15, 0.2) is 5.96 Å². The van der Waals surface area contributed by atoms with Crippen LogP contribution in [0, 0.1) is 17.3 Å². The molecule has 0 radical (unpaired) electrons. The lowest BCUT2D eigenvalue weighted by atomic mass is 9.54. The second-order valence-corrected chi connectivity index (χ2v) is 9.09. The Hall–Kier alpha value is -1.75. The summed E-state index contributed by atoms with van der Waals surface area (Å²) in [5, 5.41) is 7.31. The quantitative estimate of drug-likeness (QED) is 0.583. The minimum atomic E-state index is 0.337. The number of rotatable bonds is 6. The first-order valence-electron chi connectivity index (χ1n) is 11.1. The molecule has 1 heterocycles. The van der Waals surface area contributed by atoms with Gasteiger partial charge in [0.25, 0.3) is 0 Å². The highest BCUT2D eigenvalue weighted by molar-refractivity contribution is 5.80. The van der Waals surface area contributed by atoms with Crippen LogP contribution in [0.2, 0.25) is 0 Å². The molecule has 1 aromatic rings. The molecule has 1 spiro atoms. The van der Waals surface area contributed by atoms with Gasteiger partial charge >= 0.3 is 0 Å². The summed E-state index contributed by atoms with van der Waals surface area (Å²) < 4.78 is 12.2. The van der Waals surface area contributed by atoms with Crippen molar-refractivity contribution in [3.63, 3.8) is 0 Å². The topological polar surface area (TPSA) is 54.9 Å². The van der Waals surface area contributed by atoms with Gasteiger partial charge in [0.05, 0.1) is 12.7 Å². The van der Waals surface area contributed by atoms with Crippen molar-refractivity contribution in [1.82, 2.24) is 10.6 Å². The lowest BCUT2D eigenvalue weighted by Crippen LogP contribution is -2.69. The number of hydrogen-bond acceptors (Lipinski definition) is 3. The van der Waals surface area contributed by atoms with Gasteiger partial charge in [-0.3, -0.25) is 4.99 Å². The highest BCUT2D eigenvalue weighted by Gasteiger charge is 2.65. The zero-order chi connectivity index (χ0) is 19.0. The van der Waals surface area contributed by atoms with Crippen LogP contribution in [-0.2, 0) is 11.3 Å². The summed E-state index contributed by atoms with van der Waals surface area (Å²) in [6.45, 7) is 2.50. The highest BCUT2D eigenvalue weighted by atomic mass is 16.5. The lowest BCUT2D eigenvalue weighted by molar-refractivity contribution is -0.125. The number of para-hydroxylation sites is 1. The molecule has 1 aliphatic heterocycles. The summed E-state index contributed by atoms with van der Waals surface area (Å²) in [5.41, 5.74) is 1.53. The van der Waals surface area contributed by atoms with Gasteiger partial charge in [0, 0.05) is 43.1 Å². The largest absolute Gasteiger partial charge is 0.493 e. The molecule has 3 aliphatic carbocycles. The van der Waals surface area contributed by atoms with E-state index in [2.05, 4.69) is 39.9 Å². The number of ether oxygens (including phenoxy) is 2. The number of nitrogens with one attached hydrogen (secondary N) is 2. The molecular weight excluding hydrogens is 350 g/mol. The molecule has 1 saturated heterocycles. The lowest BCUT2D eigenvalue weighted by Gasteiger charge is -2.57. The number of aliphatic imine (C=N–C) groups is 1. The molecule has 4 fully saturated rings. The molecule has 0 bridgehead atoms. The van der Waals surface area contributed by atoms with E-state index in [0.717, 1.165) is 37.4 Å². The third-order valence-electron chi connectivity index (χ3n) is 7.39. The normalized spacial score (nSPS) is 30.8. The van der Waals surface area contributed by atoms with Gasteiger partial charge in [-0.2, -0.15) is 0 Å². The molecule has 4 aliphatic rings. The van der Waals surface area contributed by atoms with E-state index in [-0.39, 0.29) is 0 Å². The number of benzene rings is 1. The van der Waals surface area contributed by atoms with Crippen molar-refractivity contribution in [3.8, 4) is 5.75 Å². The molecule has 3 atom stereocenters. The first-order chi connectivity index (χ1) is 13.8. The van der Waals surface area contributed by atoms with Crippen LogP contribution in [0.25, 0.3) is 0 Å². The fraction of sp³-hybridized carbons (Fsp3) is 0.696. The van der Waals surface area contributed by atoms with Crippen LogP contribution >= 0.6 is 0 Å². The molecular formula is C23H33N3O2. The average Bonchev–Trinajstić information content (AvgIpc) is 3.22. The van der Waals surface area contributed by atoms with Crippen LogP contribution in [0.3, 0.4) is 0 Å². The van der Waals surface area contributed by atoms with Crippen molar-refractivity contribution < 1.29 is 9.47 Å². The van der Waals surface area contributed by atoms with Crippen molar-refractivity contribution in [2.24, 2.45) is 22.2 Å². The number of fused-ring (bicyclic) bond motifs is 2. The van der Waals surface area contributed by atoms with E-state index in [9.17, 15) is 0 Å². The Balaban J connectivity index is 1.22. The monoisotopic (exact) mass is 383 g/mol. The summed E-state index contributed by atoms with van der Waals surface area (Å²) in [4.78, 5) is 4.52. The average molecular weight is 384 g/mol. The van der Waals surface area contributed by atoms with Crippen molar-refractivity contribution in [1.29, 1.82) is 0 Å². The fourth-order valence-electron chi connectivity index (χ4n) is 5.71. The Bertz CT molecular complexity index is 724. The third kappa shape index (κ3) is 3.28. The highest BCUT2D eigenvalue weighted by Crippen LogP contribution is 2.60. The maximum Gasteiger partial charge on any atom is 0.191 e. The van der Waals surface area contributed by atoms with Crippen molar-refractivity contribution in [2.75, 3.05) is 20.3 Å². The van der Waals surface area contributed by atoms with E-state index in [1.54, 1.807) is 0 Å². The molecule has 0 aromatic heterocycles. The molecule has 28 heavy (non-hydrogen) atoms. The number of nitrogens with zero attached hydrogens (tertiary/aromatic N) is 1. The molecule has 3 unspecified atom stereocenters. The van der Waals surface area contributed by atoms with E-state index in [1.807, 2.05) is 7.05 Å². The summed E-state index contributed by atoms with van der Waals surface area (Å²) >= 11 is 0. The van der Waals surface area contributed by atoms with Crippen molar-refractivity contribution >= 4 is 5.96 Å². The number of guanidine groups is 1. The molecule has 0 amide bonds. The van der Waals surface area contributed by atoms with Gasteiger partial charge in [0.1, 0.15) is 5.75 Å². The molecule has 5 rings (SSSR count). The van der Waals surface area contributed by atoms with E-state index in [4.69, 9.17) is 9.47 Å². The zero-order valence-electron chi connectivity index (χ0n) is 17.0. The maximum atomic E-state index is 6.11. The predicted octanol–water partition coefficient (Wildman–Crippen LogP) is 3.49. The Morgan fingerprint density at radius 1 is 1.21 bits per heavy atom. The standard InChI is InChI=1S/C23H33N3O2/c1-24-22(25-14-17-6-2-3-7-19(17)28-15-16-8-9-16)26-20-18-10-13-27-21(18)23(20)11-4-5-12-23/h2-3,6-7,16,18,20-21H,4-5,8-15H2,1H3,(H2,24,25,26). The van der Waals surface area contributed by atoms with Gasteiger partial charge < -0.3 is 20.1 Å².